The third-order valence-electron chi connectivity index (χ3n) is 4.16. The summed E-state index contributed by atoms with van der Waals surface area (Å²) in [7, 11) is 0. The minimum atomic E-state index is -0.617. The van der Waals surface area contributed by atoms with Crippen LogP contribution in [0.1, 0.15) is 17.9 Å². The van der Waals surface area contributed by atoms with Crippen LogP contribution in [0, 0.1) is 0 Å². The minimum absolute atomic E-state index is 0.0335. The summed E-state index contributed by atoms with van der Waals surface area (Å²) in [5.41, 5.74) is 8.87. The fourth-order valence-corrected chi connectivity index (χ4v) is 2.88. The van der Waals surface area contributed by atoms with Gasteiger partial charge in [0.1, 0.15) is 0 Å². The van der Waals surface area contributed by atoms with Crippen LogP contribution in [-0.4, -0.2) is 11.8 Å². The van der Waals surface area contributed by atoms with Crippen LogP contribution in [0.4, 0.5) is 5.69 Å². The van der Waals surface area contributed by atoms with Gasteiger partial charge in [0.15, 0.2) is 0 Å². The minimum Gasteiger partial charge on any atom is -0.370 e. The molecule has 0 heterocycles. The number of nitrogens with one attached hydrogen (secondary N) is 1. The predicted molar refractivity (Wildman–Crippen MR) is 104 cm³/mol. The molecule has 0 aliphatic heterocycles. The van der Waals surface area contributed by atoms with Crippen molar-refractivity contribution >= 4 is 17.5 Å². The van der Waals surface area contributed by atoms with Crippen molar-refractivity contribution in [1.82, 2.24) is 0 Å². The number of primary amides is 1. The van der Waals surface area contributed by atoms with Crippen molar-refractivity contribution in [3.8, 4) is 11.1 Å². The molecular weight excluding hydrogens is 324 g/mol. The fraction of sp³-hybridized carbons (Fsp3) is 0.0909. The van der Waals surface area contributed by atoms with Crippen molar-refractivity contribution in [3.05, 3.63) is 90.5 Å². The zero-order valence-electron chi connectivity index (χ0n) is 14.3. The molecule has 0 aromatic heterocycles. The Hall–Kier alpha value is -3.40. The summed E-state index contributed by atoms with van der Waals surface area (Å²) in [6.45, 7) is 0. The van der Waals surface area contributed by atoms with Gasteiger partial charge in [-0.05, 0) is 28.8 Å². The average molecular weight is 344 g/mol. The molecule has 26 heavy (non-hydrogen) atoms. The molecule has 2 amide bonds. The van der Waals surface area contributed by atoms with Crippen LogP contribution in [0.3, 0.4) is 0 Å². The van der Waals surface area contributed by atoms with E-state index in [9.17, 15) is 9.59 Å². The standard InChI is InChI=1S/C22H20N2O2/c23-21(25)15-20(17-10-5-2-6-11-17)22(26)24-19-13-7-12-18(14-19)16-8-3-1-4-9-16/h1-14,20H,15H2,(H2,23,25)(H,24,26)/t20-/m1/s1. The van der Waals surface area contributed by atoms with E-state index < -0.39 is 11.8 Å². The van der Waals surface area contributed by atoms with E-state index in [0.717, 1.165) is 16.7 Å². The maximum absolute atomic E-state index is 12.8. The van der Waals surface area contributed by atoms with Crippen molar-refractivity contribution in [2.24, 2.45) is 5.73 Å². The molecule has 0 saturated carbocycles. The van der Waals surface area contributed by atoms with Gasteiger partial charge in [0.25, 0.3) is 0 Å². The van der Waals surface area contributed by atoms with Crippen LogP contribution < -0.4 is 11.1 Å². The second kappa shape index (κ2) is 8.12. The van der Waals surface area contributed by atoms with E-state index in [1.54, 1.807) is 0 Å². The topological polar surface area (TPSA) is 72.2 Å². The van der Waals surface area contributed by atoms with E-state index in [0.29, 0.717) is 5.69 Å². The van der Waals surface area contributed by atoms with Gasteiger partial charge in [-0.15, -0.1) is 0 Å². The summed E-state index contributed by atoms with van der Waals surface area (Å²) in [5, 5.41) is 2.91. The highest BCUT2D eigenvalue weighted by molar-refractivity contribution is 5.98. The van der Waals surface area contributed by atoms with Gasteiger partial charge in [0, 0.05) is 12.1 Å². The maximum atomic E-state index is 12.8. The number of hydrogen-bond acceptors (Lipinski definition) is 2. The third kappa shape index (κ3) is 4.36. The van der Waals surface area contributed by atoms with E-state index in [1.165, 1.54) is 0 Å². The molecule has 3 aromatic rings. The van der Waals surface area contributed by atoms with Crippen LogP contribution in [0.15, 0.2) is 84.9 Å². The fourth-order valence-electron chi connectivity index (χ4n) is 2.88. The van der Waals surface area contributed by atoms with Gasteiger partial charge in [-0.1, -0.05) is 72.8 Å². The summed E-state index contributed by atoms with van der Waals surface area (Å²) >= 11 is 0. The molecule has 0 spiro atoms. The smallest absolute Gasteiger partial charge is 0.232 e. The number of rotatable bonds is 6. The van der Waals surface area contributed by atoms with Gasteiger partial charge < -0.3 is 11.1 Å². The lowest BCUT2D eigenvalue weighted by Gasteiger charge is -2.16. The van der Waals surface area contributed by atoms with Gasteiger partial charge in [-0.3, -0.25) is 9.59 Å². The highest BCUT2D eigenvalue weighted by Crippen LogP contribution is 2.25. The summed E-state index contributed by atoms with van der Waals surface area (Å²) in [4.78, 5) is 24.2. The first-order valence-electron chi connectivity index (χ1n) is 8.43. The molecule has 1 atom stereocenters. The summed E-state index contributed by atoms with van der Waals surface area (Å²) < 4.78 is 0. The van der Waals surface area contributed by atoms with E-state index >= 15 is 0 Å². The van der Waals surface area contributed by atoms with Gasteiger partial charge >= 0.3 is 0 Å². The van der Waals surface area contributed by atoms with Crippen molar-refractivity contribution in [2.45, 2.75) is 12.3 Å². The number of nitrogens with two attached hydrogens (primary N) is 1. The zero-order chi connectivity index (χ0) is 18.4. The molecule has 130 valence electrons. The average Bonchev–Trinajstić information content (AvgIpc) is 2.67. The van der Waals surface area contributed by atoms with Crippen LogP contribution in [0.5, 0.6) is 0 Å². The Morgan fingerprint density at radius 1 is 0.808 bits per heavy atom. The van der Waals surface area contributed by atoms with Gasteiger partial charge in [0.05, 0.1) is 5.92 Å². The van der Waals surface area contributed by atoms with E-state index in [-0.39, 0.29) is 12.3 Å². The van der Waals surface area contributed by atoms with Crippen LogP contribution in [0.25, 0.3) is 11.1 Å². The number of benzene rings is 3. The van der Waals surface area contributed by atoms with Gasteiger partial charge in [0.2, 0.25) is 11.8 Å². The van der Waals surface area contributed by atoms with Crippen LogP contribution in [-0.2, 0) is 9.59 Å². The normalized spacial score (nSPS) is 11.5. The molecule has 3 rings (SSSR count). The largest absolute Gasteiger partial charge is 0.370 e. The first-order valence-corrected chi connectivity index (χ1v) is 8.43. The molecule has 4 heteroatoms. The molecule has 0 radical (unpaired) electrons. The SMILES string of the molecule is NC(=O)C[C@@H](C(=O)Nc1cccc(-c2ccccc2)c1)c1ccccc1. The van der Waals surface area contributed by atoms with E-state index in [4.69, 9.17) is 5.73 Å². The molecule has 3 N–H and O–H groups in total. The Labute approximate surface area is 152 Å². The lowest BCUT2D eigenvalue weighted by Crippen LogP contribution is -2.26. The lowest BCUT2D eigenvalue weighted by atomic mass is 9.94. The Morgan fingerprint density at radius 3 is 2.08 bits per heavy atom. The number of hydrogen-bond donors (Lipinski definition) is 2. The third-order valence-corrected chi connectivity index (χ3v) is 4.16. The van der Waals surface area contributed by atoms with E-state index in [1.807, 2.05) is 84.9 Å². The Bertz CT molecular complexity index is 892. The second-order valence-corrected chi connectivity index (χ2v) is 6.07. The summed E-state index contributed by atoms with van der Waals surface area (Å²) in [5.74, 6) is -1.37. The lowest BCUT2D eigenvalue weighted by molar-refractivity contribution is -0.123. The van der Waals surface area contributed by atoms with Crippen molar-refractivity contribution in [2.75, 3.05) is 5.32 Å². The van der Waals surface area contributed by atoms with E-state index in [2.05, 4.69) is 5.32 Å². The van der Waals surface area contributed by atoms with Crippen LogP contribution in [0.2, 0.25) is 0 Å². The first kappa shape index (κ1) is 17.4. The molecule has 0 aliphatic rings. The van der Waals surface area contributed by atoms with Crippen LogP contribution >= 0.6 is 0 Å². The van der Waals surface area contributed by atoms with Crippen molar-refractivity contribution < 1.29 is 9.59 Å². The van der Waals surface area contributed by atoms with Gasteiger partial charge in [-0.2, -0.15) is 0 Å². The van der Waals surface area contributed by atoms with Crippen molar-refractivity contribution in [3.63, 3.8) is 0 Å². The zero-order valence-corrected chi connectivity index (χ0v) is 14.3. The predicted octanol–water partition coefficient (Wildman–Crippen LogP) is 3.95. The highest BCUT2D eigenvalue weighted by Gasteiger charge is 2.22. The molecule has 0 aliphatic carbocycles. The maximum Gasteiger partial charge on any atom is 0.232 e. The molecule has 0 saturated heterocycles. The van der Waals surface area contributed by atoms with Crippen molar-refractivity contribution in [1.29, 1.82) is 0 Å². The molecule has 0 fully saturated rings. The molecule has 0 bridgehead atoms. The number of carbonyl (C=O) groups excluding carboxylic acids is 2. The highest BCUT2D eigenvalue weighted by atomic mass is 16.2. The Kier molecular flexibility index (Phi) is 5.44. The second-order valence-electron chi connectivity index (χ2n) is 6.07. The summed E-state index contributed by atoms with van der Waals surface area (Å²) in [6, 6.07) is 26.8. The first-order chi connectivity index (χ1) is 12.6. The monoisotopic (exact) mass is 344 g/mol. The summed E-state index contributed by atoms with van der Waals surface area (Å²) in [6.07, 6.45) is -0.0335. The number of carbonyl (C=O) groups is 2. The molecule has 4 nitrogen and oxygen atoms in total. The van der Waals surface area contributed by atoms with Gasteiger partial charge in [-0.25, -0.2) is 0 Å². The Morgan fingerprint density at radius 2 is 1.42 bits per heavy atom. The molecule has 3 aromatic carbocycles. The number of anilines is 1. The quantitative estimate of drug-likeness (QED) is 0.710. The Balaban J connectivity index is 1.82. The number of amides is 2. The molecular formula is C22H20N2O2. The molecule has 0 unspecified atom stereocenters.